The lowest BCUT2D eigenvalue weighted by Crippen LogP contribution is -2.20. The van der Waals surface area contributed by atoms with Gasteiger partial charge in [-0.05, 0) is 31.2 Å². The van der Waals surface area contributed by atoms with E-state index in [1.54, 1.807) is 6.07 Å². The Kier molecular flexibility index (Phi) is 5.25. The molecule has 0 radical (unpaired) electrons. The lowest BCUT2D eigenvalue weighted by Gasteiger charge is -2.14. The Morgan fingerprint density at radius 1 is 1.59 bits per heavy atom. The van der Waals surface area contributed by atoms with Crippen molar-refractivity contribution in [1.82, 2.24) is 5.32 Å². The number of hydrogen-bond acceptors (Lipinski definition) is 3. The van der Waals surface area contributed by atoms with Gasteiger partial charge in [0.2, 0.25) is 0 Å². The van der Waals surface area contributed by atoms with Crippen molar-refractivity contribution in [3.05, 3.63) is 28.8 Å². The molecule has 0 fully saturated rings. The van der Waals surface area contributed by atoms with Gasteiger partial charge >= 0.3 is 0 Å². The highest BCUT2D eigenvalue weighted by Gasteiger charge is 2.08. The van der Waals surface area contributed by atoms with Crippen LogP contribution in [0.1, 0.15) is 25.5 Å². The van der Waals surface area contributed by atoms with Crippen molar-refractivity contribution < 1.29 is 9.53 Å². The van der Waals surface area contributed by atoms with Crippen LogP contribution in [0.4, 0.5) is 0 Å². The maximum absolute atomic E-state index is 10.6. The van der Waals surface area contributed by atoms with Gasteiger partial charge in [-0.25, -0.2) is 0 Å². The first-order valence-electron chi connectivity index (χ1n) is 5.48. The molecule has 0 saturated carbocycles. The van der Waals surface area contributed by atoms with Crippen molar-refractivity contribution >= 4 is 17.5 Å². The summed E-state index contributed by atoms with van der Waals surface area (Å²) in [4.78, 5) is 10.6. The minimum absolute atomic E-state index is 0.165. The average molecular weight is 257 g/mol. The van der Waals surface area contributed by atoms with Crippen molar-refractivity contribution in [1.29, 1.82) is 0 Å². The molecular weight excluding hydrogens is 240 g/mol. The molecule has 94 valence electrons. The van der Waals surface area contributed by atoms with Crippen molar-refractivity contribution in [2.45, 2.75) is 19.9 Å². The van der Waals surface area contributed by atoms with Gasteiger partial charge in [0.05, 0.1) is 5.02 Å². The molecule has 0 aromatic heterocycles. The maximum Gasteiger partial charge on any atom is 0.255 e. The molecule has 0 aliphatic heterocycles. The van der Waals surface area contributed by atoms with Gasteiger partial charge in [-0.15, -0.1) is 0 Å². The molecule has 1 aromatic rings. The number of primary amides is 1. The smallest absolute Gasteiger partial charge is 0.255 e. The third kappa shape index (κ3) is 4.24. The van der Waals surface area contributed by atoms with Crippen LogP contribution in [0.25, 0.3) is 0 Å². The van der Waals surface area contributed by atoms with Gasteiger partial charge in [0.15, 0.2) is 6.61 Å². The number of halogens is 1. The molecule has 0 bridgehead atoms. The summed E-state index contributed by atoms with van der Waals surface area (Å²) in [6.45, 7) is 4.82. The number of nitrogens with one attached hydrogen (secondary N) is 1. The summed E-state index contributed by atoms with van der Waals surface area (Å²) < 4.78 is 5.17. The Morgan fingerprint density at radius 2 is 2.29 bits per heavy atom. The van der Waals surface area contributed by atoms with E-state index in [9.17, 15) is 4.79 Å². The number of amides is 1. The van der Waals surface area contributed by atoms with E-state index >= 15 is 0 Å². The fourth-order valence-electron chi connectivity index (χ4n) is 1.48. The van der Waals surface area contributed by atoms with Crippen molar-refractivity contribution in [3.63, 3.8) is 0 Å². The molecule has 3 N–H and O–H groups in total. The van der Waals surface area contributed by atoms with Crippen LogP contribution < -0.4 is 15.8 Å². The molecule has 1 rings (SSSR count). The Balaban J connectivity index is 2.75. The fraction of sp³-hybridized carbons (Fsp3) is 0.417. The molecule has 0 heterocycles. The normalized spacial score (nSPS) is 12.2. The van der Waals surface area contributed by atoms with E-state index in [1.165, 1.54) is 0 Å². The van der Waals surface area contributed by atoms with Crippen LogP contribution in [0.3, 0.4) is 0 Å². The first-order valence-corrected chi connectivity index (χ1v) is 5.86. The Labute approximate surface area is 106 Å². The zero-order valence-electron chi connectivity index (χ0n) is 10.00. The predicted molar refractivity (Wildman–Crippen MR) is 68.2 cm³/mol. The molecular formula is C12H17ClN2O2. The van der Waals surface area contributed by atoms with Crippen LogP contribution in [-0.4, -0.2) is 19.1 Å². The predicted octanol–water partition coefficient (Wildman–Crippen LogP) is 1.87. The summed E-state index contributed by atoms with van der Waals surface area (Å²) in [6.07, 6.45) is 0. The summed E-state index contributed by atoms with van der Waals surface area (Å²) in [5.41, 5.74) is 6.06. The first-order chi connectivity index (χ1) is 8.04. The highest BCUT2D eigenvalue weighted by molar-refractivity contribution is 6.32. The first kappa shape index (κ1) is 13.8. The van der Waals surface area contributed by atoms with Crippen LogP contribution in [0, 0.1) is 0 Å². The number of carbonyl (C=O) groups is 1. The topological polar surface area (TPSA) is 64.3 Å². The molecule has 0 spiro atoms. The van der Waals surface area contributed by atoms with Crippen LogP contribution in [0.15, 0.2) is 18.2 Å². The largest absolute Gasteiger partial charge is 0.482 e. The Bertz CT molecular complexity index is 396. The Morgan fingerprint density at radius 3 is 2.82 bits per heavy atom. The summed E-state index contributed by atoms with van der Waals surface area (Å²) in [5, 5.41) is 3.77. The van der Waals surface area contributed by atoms with E-state index in [-0.39, 0.29) is 12.6 Å². The lowest BCUT2D eigenvalue weighted by atomic mass is 10.1. The summed E-state index contributed by atoms with van der Waals surface area (Å²) in [7, 11) is 0. The van der Waals surface area contributed by atoms with E-state index < -0.39 is 5.91 Å². The van der Waals surface area contributed by atoms with Gasteiger partial charge in [-0.1, -0.05) is 24.6 Å². The second-order valence-corrected chi connectivity index (χ2v) is 4.13. The standard InChI is InChI=1S/C12H17ClN2O2/c1-3-15-8(2)9-4-5-11(10(13)6-9)17-7-12(14)16/h4-6,8,15H,3,7H2,1-2H3,(H2,14,16). The third-order valence-corrected chi connectivity index (χ3v) is 2.63. The second-order valence-electron chi connectivity index (χ2n) is 3.72. The second kappa shape index (κ2) is 6.47. The van der Waals surface area contributed by atoms with Gasteiger partial charge in [-0.3, -0.25) is 4.79 Å². The quantitative estimate of drug-likeness (QED) is 0.817. The molecule has 5 heteroatoms. The minimum Gasteiger partial charge on any atom is -0.482 e. The van der Waals surface area contributed by atoms with E-state index in [1.807, 2.05) is 19.1 Å². The highest BCUT2D eigenvalue weighted by atomic mass is 35.5. The monoisotopic (exact) mass is 256 g/mol. The molecule has 1 atom stereocenters. The zero-order chi connectivity index (χ0) is 12.8. The molecule has 1 unspecified atom stereocenters. The van der Waals surface area contributed by atoms with Gasteiger partial charge in [0, 0.05) is 6.04 Å². The molecule has 1 amide bonds. The maximum atomic E-state index is 10.6. The van der Waals surface area contributed by atoms with Gasteiger partial charge in [-0.2, -0.15) is 0 Å². The van der Waals surface area contributed by atoms with Gasteiger partial charge in [0.1, 0.15) is 5.75 Å². The van der Waals surface area contributed by atoms with E-state index in [0.29, 0.717) is 10.8 Å². The van der Waals surface area contributed by atoms with Crippen molar-refractivity contribution in [2.75, 3.05) is 13.2 Å². The number of hydrogen-bond donors (Lipinski definition) is 2. The Hall–Kier alpha value is -1.26. The number of rotatable bonds is 6. The molecule has 0 aliphatic carbocycles. The summed E-state index contributed by atoms with van der Waals surface area (Å²) >= 11 is 6.05. The average Bonchev–Trinajstić information content (AvgIpc) is 2.27. The van der Waals surface area contributed by atoms with Crippen molar-refractivity contribution in [3.8, 4) is 5.75 Å². The van der Waals surface area contributed by atoms with Crippen molar-refractivity contribution in [2.24, 2.45) is 5.73 Å². The van der Waals surface area contributed by atoms with E-state index in [2.05, 4.69) is 12.2 Å². The molecule has 17 heavy (non-hydrogen) atoms. The molecule has 4 nitrogen and oxygen atoms in total. The van der Waals surface area contributed by atoms with E-state index in [4.69, 9.17) is 22.1 Å². The van der Waals surface area contributed by atoms with E-state index in [0.717, 1.165) is 12.1 Å². The fourth-order valence-corrected chi connectivity index (χ4v) is 1.72. The van der Waals surface area contributed by atoms with Crippen LogP contribution in [0.2, 0.25) is 5.02 Å². The highest BCUT2D eigenvalue weighted by Crippen LogP contribution is 2.27. The van der Waals surface area contributed by atoms with Gasteiger partial charge < -0.3 is 15.8 Å². The molecule has 0 aliphatic rings. The van der Waals surface area contributed by atoms with Gasteiger partial charge in [0.25, 0.3) is 5.91 Å². The summed E-state index contributed by atoms with van der Waals surface area (Å²) in [5.74, 6) is -0.0518. The minimum atomic E-state index is -0.522. The SMILES string of the molecule is CCNC(C)c1ccc(OCC(N)=O)c(Cl)c1. The molecule has 0 saturated heterocycles. The number of ether oxygens (including phenoxy) is 1. The zero-order valence-corrected chi connectivity index (χ0v) is 10.8. The molecule has 1 aromatic carbocycles. The van der Waals surface area contributed by atoms with Crippen LogP contribution in [0.5, 0.6) is 5.75 Å². The summed E-state index contributed by atoms with van der Waals surface area (Å²) in [6, 6.07) is 5.71. The van der Waals surface area contributed by atoms with Crippen LogP contribution >= 0.6 is 11.6 Å². The number of nitrogens with two attached hydrogens (primary N) is 1. The third-order valence-electron chi connectivity index (χ3n) is 2.34. The lowest BCUT2D eigenvalue weighted by molar-refractivity contribution is -0.119. The van der Waals surface area contributed by atoms with Crippen LogP contribution in [-0.2, 0) is 4.79 Å². The number of benzene rings is 1. The number of carbonyl (C=O) groups excluding carboxylic acids is 1.